The van der Waals surface area contributed by atoms with Crippen molar-refractivity contribution in [2.45, 2.75) is 44.7 Å². The molecule has 2 fully saturated rings. The average Bonchev–Trinajstić information content (AvgIpc) is 2.94. The first-order valence-corrected chi connectivity index (χ1v) is 7.81. The summed E-state index contributed by atoms with van der Waals surface area (Å²) in [4.78, 5) is 3.05. The maximum Gasteiger partial charge on any atom is 0.134 e. The van der Waals surface area contributed by atoms with Gasteiger partial charge in [0.2, 0.25) is 0 Å². The van der Waals surface area contributed by atoms with E-state index in [0.29, 0.717) is 11.0 Å². The lowest BCUT2D eigenvalue weighted by molar-refractivity contribution is 0.188. The van der Waals surface area contributed by atoms with Gasteiger partial charge in [0, 0.05) is 25.7 Å². The van der Waals surface area contributed by atoms with Crippen LogP contribution in [-0.2, 0) is 7.05 Å². The minimum atomic E-state index is 0.427. The van der Waals surface area contributed by atoms with Gasteiger partial charge in [0.25, 0.3) is 0 Å². The van der Waals surface area contributed by atoms with Gasteiger partial charge < -0.3 is 16.0 Å². The molecule has 2 unspecified atom stereocenters. The Kier molecular flexibility index (Phi) is 3.69. The molecule has 3 N–H and O–H groups in total. The third-order valence-corrected chi connectivity index (χ3v) is 4.83. The predicted molar refractivity (Wildman–Crippen MR) is 85.1 cm³/mol. The molecule has 0 saturated carbocycles. The van der Waals surface area contributed by atoms with Gasteiger partial charge in [-0.1, -0.05) is 12.2 Å². The van der Waals surface area contributed by atoms with Crippen LogP contribution in [-0.4, -0.2) is 44.8 Å². The standard InChI is InChI=1S/C14H23N5S/c1-9-12(13(15)20)14(18(2)17-9)16-10-5-7-19-6-3-4-11(19)8-10/h10-11,16H,3-8H2,1-2H3,(H2,15,20). The quantitative estimate of drug-likeness (QED) is 0.825. The van der Waals surface area contributed by atoms with Crippen molar-refractivity contribution in [3.8, 4) is 0 Å². The number of nitrogens with zero attached hydrogens (tertiary/aromatic N) is 3. The molecule has 110 valence electrons. The second-order valence-corrected chi connectivity index (χ2v) is 6.43. The summed E-state index contributed by atoms with van der Waals surface area (Å²) in [7, 11) is 1.95. The van der Waals surface area contributed by atoms with Gasteiger partial charge in [0.05, 0.1) is 11.3 Å². The lowest BCUT2D eigenvalue weighted by Gasteiger charge is -2.35. The van der Waals surface area contributed by atoms with Crippen molar-refractivity contribution in [1.29, 1.82) is 0 Å². The Bertz CT molecular complexity index is 524. The molecule has 5 nitrogen and oxygen atoms in total. The number of rotatable bonds is 3. The van der Waals surface area contributed by atoms with Crippen LogP contribution in [0.25, 0.3) is 0 Å². The lowest BCUT2D eigenvalue weighted by Crippen LogP contribution is -2.43. The molecule has 0 aliphatic carbocycles. The summed E-state index contributed by atoms with van der Waals surface area (Å²) in [5, 5.41) is 8.08. The van der Waals surface area contributed by atoms with E-state index in [0.717, 1.165) is 23.1 Å². The van der Waals surface area contributed by atoms with E-state index in [-0.39, 0.29) is 0 Å². The SMILES string of the molecule is Cc1nn(C)c(NC2CCN3CCCC3C2)c1C(N)=S. The highest BCUT2D eigenvalue weighted by atomic mass is 32.1. The third kappa shape index (κ3) is 2.42. The summed E-state index contributed by atoms with van der Waals surface area (Å²) < 4.78 is 1.87. The van der Waals surface area contributed by atoms with Gasteiger partial charge in [-0.2, -0.15) is 5.10 Å². The van der Waals surface area contributed by atoms with Crippen molar-refractivity contribution >= 4 is 23.0 Å². The van der Waals surface area contributed by atoms with Gasteiger partial charge in [-0.3, -0.25) is 4.68 Å². The van der Waals surface area contributed by atoms with E-state index in [1.54, 1.807) is 0 Å². The first kappa shape index (κ1) is 13.8. The summed E-state index contributed by atoms with van der Waals surface area (Å²) in [5.41, 5.74) is 7.65. The second-order valence-electron chi connectivity index (χ2n) is 5.99. The fourth-order valence-electron chi connectivity index (χ4n) is 3.67. The van der Waals surface area contributed by atoms with E-state index in [1.807, 2.05) is 18.7 Å². The summed E-state index contributed by atoms with van der Waals surface area (Å²) in [6.45, 7) is 4.43. The summed E-state index contributed by atoms with van der Waals surface area (Å²) in [6.07, 6.45) is 5.07. The smallest absolute Gasteiger partial charge is 0.134 e. The Morgan fingerprint density at radius 2 is 2.20 bits per heavy atom. The third-order valence-electron chi connectivity index (χ3n) is 4.63. The number of piperidine rings is 1. The molecule has 2 aliphatic heterocycles. The highest BCUT2D eigenvalue weighted by molar-refractivity contribution is 7.80. The van der Waals surface area contributed by atoms with E-state index < -0.39 is 0 Å². The predicted octanol–water partition coefficient (Wildman–Crippen LogP) is 1.40. The number of nitrogens with one attached hydrogen (secondary N) is 1. The molecular weight excluding hydrogens is 270 g/mol. The van der Waals surface area contributed by atoms with Crippen LogP contribution < -0.4 is 11.1 Å². The van der Waals surface area contributed by atoms with Crippen molar-refractivity contribution in [2.24, 2.45) is 12.8 Å². The lowest BCUT2D eigenvalue weighted by atomic mass is 9.97. The number of hydrogen-bond acceptors (Lipinski definition) is 4. The van der Waals surface area contributed by atoms with E-state index in [2.05, 4.69) is 15.3 Å². The molecule has 3 heterocycles. The van der Waals surface area contributed by atoms with Crippen LogP contribution in [0.5, 0.6) is 0 Å². The molecule has 6 heteroatoms. The number of thiocarbonyl (C=S) groups is 1. The second kappa shape index (κ2) is 5.33. The molecule has 0 aromatic carbocycles. The molecule has 0 radical (unpaired) electrons. The zero-order valence-corrected chi connectivity index (χ0v) is 13.0. The van der Waals surface area contributed by atoms with Crippen molar-refractivity contribution in [2.75, 3.05) is 18.4 Å². The molecule has 1 aromatic rings. The Morgan fingerprint density at radius 3 is 2.95 bits per heavy atom. The number of fused-ring (bicyclic) bond motifs is 1. The minimum Gasteiger partial charge on any atom is -0.389 e. The van der Waals surface area contributed by atoms with Crippen LogP contribution in [0.15, 0.2) is 0 Å². The van der Waals surface area contributed by atoms with Gasteiger partial charge in [0.1, 0.15) is 10.8 Å². The fraction of sp³-hybridized carbons (Fsp3) is 0.714. The van der Waals surface area contributed by atoms with Crippen LogP contribution in [0.4, 0.5) is 5.82 Å². The molecule has 0 amide bonds. The molecule has 1 aromatic heterocycles. The average molecular weight is 293 g/mol. The van der Waals surface area contributed by atoms with E-state index >= 15 is 0 Å². The topological polar surface area (TPSA) is 59.1 Å². The van der Waals surface area contributed by atoms with Crippen LogP contribution in [0, 0.1) is 6.92 Å². The van der Waals surface area contributed by atoms with Gasteiger partial charge >= 0.3 is 0 Å². The molecular formula is C14H23N5S. The first-order chi connectivity index (χ1) is 9.56. The molecule has 2 aliphatic rings. The highest BCUT2D eigenvalue weighted by Crippen LogP contribution is 2.29. The van der Waals surface area contributed by atoms with Gasteiger partial charge in [-0.25, -0.2) is 0 Å². The summed E-state index contributed by atoms with van der Waals surface area (Å²) >= 11 is 5.17. The van der Waals surface area contributed by atoms with Crippen LogP contribution in [0.1, 0.15) is 36.9 Å². The van der Waals surface area contributed by atoms with Crippen molar-refractivity contribution in [3.05, 3.63) is 11.3 Å². The Hall–Kier alpha value is -1.14. The normalized spacial score (nSPS) is 26.5. The number of hydrogen-bond donors (Lipinski definition) is 2. The molecule has 2 saturated heterocycles. The fourth-order valence-corrected chi connectivity index (χ4v) is 3.91. The molecule has 0 bridgehead atoms. The van der Waals surface area contributed by atoms with Gasteiger partial charge in [0.15, 0.2) is 0 Å². The largest absolute Gasteiger partial charge is 0.389 e. The summed E-state index contributed by atoms with van der Waals surface area (Å²) in [5.74, 6) is 0.978. The van der Waals surface area contributed by atoms with Crippen molar-refractivity contribution in [1.82, 2.24) is 14.7 Å². The van der Waals surface area contributed by atoms with Gasteiger partial charge in [-0.05, 0) is 39.2 Å². The van der Waals surface area contributed by atoms with Crippen LogP contribution >= 0.6 is 12.2 Å². The van der Waals surface area contributed by atoms with E-state index in [1.165, 1.54) is 38.8 Å². The maximum atomic E-state index is 5.85. The van der Waals surface area contributed by atoms with Crippen LogP contribution in [0.2, 0.25) is 0 Å². The zero-order valence-electron chi connectivity index (χ0n) is 12.2. The monoisotopic (exact) mass is 293 g/mol. The zero-order chi connectivity index (χ0) is 14.3. The number of aromatic nitrogens is 2. The van der Waals surface area contributed by atoms with Crippen molar-refractivity contribution in [3.63, 3.8) is 0 Å². The van der Waals surface area contributed by atoms with Gasteiger partial charge in [-0.15, -0.1) is 0 Å². The summed E-state index contributed by atoms with van der Waals surface area (Å²) in [6, 6.07) is 1.25. The molecule has 2 atom stereocenters. The van der Waals surface area contributed by atoms with E-state index in [9.17, 15) is 0 Å². The minimum absolute atomic E-state index is 0.427. The molecule has 20 heavy (non-hydrogen) atoms. The Labute approximate surface area is 125 Å². The Morgan fingerprint density at radius 1 is 1.40 bits per heavy atom. The van der Waals surface area contributed by atoms with Crippen molar-refractivity contribution < 1.29 is 0 Å². The first-order valence-electron chi connectivity index (χ1n) is 7.40. The number of nitrogens with two attached hydrogens (primary N) is 1. The Balaban J connectivity index is 1.76. The van der Waals surface area contributed by atoms with E-state index in [4.69, 9.17) is 18.0 Å². The maximum absolute atomic E-state index is 5.85. The molecule has 0 spiro atoms. The number of aryl methyl sites for hydroxylation is 2. The van der Waals surface area contributed by atoms with Crippen LogP contribution in [0.3, 0.4) is 0 Å². The number of anilines is 1. The molecule has 3 rings (SSSR count). The highest BCUT2D eigenvalue weighted by Gasteiger charge is 2.32.